The summed E-state index contributed by atoms with van der Waals surface area (Å²) in [4.78, 5) is 10.8. The summed E-state index contributed by atoms with van der Waals surface area (Å²) in [5, 5.41) is 1.86. The first-order valence-electron chi connectivity index (χ1n) is 24.2. The van der Waals surface area contributed by atoms with Crippen LogP contribution in [0.3, 0.4) is 0 Å². The quantitative estimate of drug-likeness (QED) is 0.0513. The number of ether oxygens (including phenoxy) is 4. The molecule has 6 bridgehead atoms. The summed E-state index contributed by atoms with van der Waals surface area (Å²) in [5.41, 5.74) is 8.70. The van der Waals surface area contributed by atoms with E-state index in [1.807, 2.05) is 12.1 Å². The minimum atomic E-state index is -5.16. The molecule has 0 spiro atoms. The standard InChI is InChI=1S/C48H52N4O4.2C3H7O.Sn/c1-5-9-27-53-41-15-13-16-42(54-28-10-6-2)47(41)45-37-23-19-33(49-37)31-35-21-25-39(51-35)46(40-26-22-36(52-40)32-34-20-24-38(45)50-34)48-43(55-29-11-7-3)17-14-18-44(48)56-30-12-8-4;2*1-2-3-4;/h13-26,31-32H,5-12,27-30H2,1-4H3;2*2-3H2,1H3;/q-2;2*-1;+4. The van der Waals surface area contributed by atoms with E-state index in [4.69, 9.17) is 35.1 Å². The Labute approximate surface area is 391 Å². The van der Waals surface area contributed by atoms with E-state index in [1.54, 1.807) is 0 Å². The van der Waals surface area contributed by atoms with Crippen molar-refractivity contribution < 1.29 is 25.1 Å². The number of allylic oxidation sites excluding steroid dienone is 4. The van der Waals surface area contributed by atoms with E-state index in [0.29, 0.717) is 39.6 Å². The van der Waals surface area contributed by atoms with Crippen LogP contribution in [-0.2, 0) is 6.15 Å². The van der Waals surface area contributed by atoms with E-state index in [2.05, 4.69) is 132 Å². The average Bonchev–Trinajstić information content (AvgIpc) is 4.15. The molecule has 10 nitrogen and oxygen atoms in total. The van der Waals surface area contributed by atoms with Crippen LogP contribution in [0.5, 0.6) is 23.0 Å². The van der Waals surface area contributed by atoms with E-state index in [-0.39, 0.29) is 0 Å². The molecule has 65 heavy (non-hydrogen) atoms. The van der Waals surface area contributed by atoms with E-state index in [0.717, 1.165) is 154 Å². The Kier molecular flexibility index (Phi) is 15.7. The number of nitrogens with zero attached hydrogens (tertiary/aromatic N) is 4. The second-order valence-corrected chi connectivity index (χ2v) is 24.2. The molecule has 4 aromatic rings. The molecule has 0 saturated heterocycles. The SMILES string of the molecule is CCCCOc1cccc(OCCCC)c1C1=C2C=CC(=N2)C=c2ccc3[n]2[Sn]([O]CCC)([O]CCC)[n]2c(ccc21)C=C1C=CC(=N1)C=3c1c(OCCCC)cccc1OCCCC. The van der Waals surface area contributed by atoms with Gasteiger partial charge in [-0.25, -0.2) is 0 Å². The van der Waals surface area contributed by atoms with Crippen LogP contribution in [0, 0.1) is 0 Å². The summed E-state index contributed by atoms with van der Waals surface area (Å²) in [7, 11) is 0. The summed E-state index contributed by atoms with van der Waals surface area (Å²) in [6, 6.07) is 21.1. The fraction of sp³-hybridized carbons (Fsp3) is 0.407. The summed E-state index contributed by atoms with van der Waals surface area (Å²) in [5.74, 6) is 3.03. The number of hydrogen-bond donors (Lipinski definition) is 0. The number of unbranched alkanes of at least 4 members (excludes halogenated alkanes) is 4. The summed E-state index contributed by atoms with van der Waals surface area (Å²) in [6.07, 6.45) is 22.2. The monoisotopic (exact) mass is 986 g/mol. The van der Waals surface area contributed by atoms with E-state index >= 15 is 0 Å². The molecule has 0 radical (unpaired) electrons. The molecule has 0 N–H and O–H groups in total. The Hall–Kier alpha value is -5.04. The normalized spacial score (nSPS) is 15.4. The van der Waals surface area contributed by atoms with Crippen molar-refractivity contribution in [1.82, 2.24) is 5.58 Å². The van der Waals surface area contributed by atoms with Gasteiger partial charge in [0.25, 0.3) is 0 Å². The first-order valence-corrected chi connectivity index (χ1v) is 29.1. The van der Waals surface area contributed by atoms with Gasteiger partial charge in [0.2, 0.25) is 0 Å². The van der Waals surface area contributed by atoms with Gasteiger partial charge in [0.1, 0.15) is 0 Å². The van der Waals surface area contributed by atoms with Crippen molar-refractivity contribution in [2.75, 3.05) is 39.6 Å². The van der Waals surface area contributed by atoms with E-state index in [9.17, 15) is 0 Å². The third-order valence-corrected chi connectivity index (χ3v) is 21.2. The van der Waals surface area contributed by atoms with Crippen LogP contribution >= 0.6 is 0 Å². The Morgan fingerprint density at radius 2 is 1.05 bits per heavy atom. The van der Waals surface area contributed by atoms with Gasteiger partial charge in [0, 0.05) is 0 Å². The van der Waals surface area contributed by atoms with Gasteiger partial charge in [-0.2, -0.15) is 0 Å². The molecule has 0 fully saturated rings. The van der Waals surface area contributed by atoms with Crippen LogP contribution in [0.2, 0.25) is 0 Å². The van der Waals surface area contributed by atoms with Gasteiger partial charge < -0.3 is 0 Å². The number of rotatable bonds is 24. The summed E-state index contributed by atoms with van der Waals surface area (Å²) >= 11 is -5.16. The molecular weight excluding hydrogens is 919 g/mol. The van der Waals surface area contributed by atoms with E-state index < -0.39 is 19.8 Å². The maximum atomic E-state index is 7.65. The molecule has 6 heterocycles. The Morgan fingerprint density at radius 1 is 0.492 bits per heavy atom. The molecule has 4 aliphatic rings. The Bertz CT molecular complexity index is 2600. The molecule has 2 aromatic carbocycles. The van der Waals surface area contributed by atoms with Gasteiger partial charge in [0.15, 0.2) is 0 Å². The van der Waals surface area contributed by atoms with Gasteiger partial charge in [-0.1, -0.05) is 0 Å². The zero-order chi connectivity index (χ0) is 45.2. The summed E-state index contributed by atoms with van der Waals surface area (Å²) in [6.45, 7) is 16.4. The molecule has 2 aromatic heterocycles. The van der Waals surface area contributed by atoms with Gasteiger partial charge >= 0.3 is 393 Å². The topological polar surface area (TPSA) is 90.0 Å². The molecular formula is C54H66N4O6Sn. The number of aromatic nitrogens is 2. The second-order valence-electron chi connectivity index (χ2n) is 16.8. The molecule has 0 aliphatic carbocycles. The molecule has 4 aliphatic heterocycles. The van der Waals surface area contributed by atoms with Crippen molar-refractivity contribution in [3.8, 4) is 23.0 Å². The average molecular weight is 986 g/mol. The Morgan fingerprint density at radius 3 is 1.58 bits per heavy atom. The van der Waals surface area contributed by atoms with Crippen LogP contribution in [0.1, 0.15) is 128 Å². The van der Waals surface area contributed by atoms with Crippen LogP contribution in [0.25, 0.3) is 23.3 Å². The van der Waals surface area contributed by atoms with Crippen molar-refractivity contribution >= 4 is 54.5 Å². The molecule has 11 heteroatoms. The zero-order valence-electron chi connectivity index (χ0n) is 39.3. The van der Waals surface area contributed by atoms with Crippen molar-refractivity contribution in [2.24, 2.45) is 9.98 Å². The predicted octanol–water partition coefficient (Wildman–Crippen LogP) is 10.8. The first-order chi connectivity index (χ1) is 32.0. The number of benzene rings is 2. The maximum absolute atomic E-state index is 7.65. The van der Waals surface area contributed by atoms with Crippen molar-refractivity contribution in [1.29, 1.82) is 0 Å². The van der Waals surface area contributed by atoms with Crippen molar-refractivity contribution in [3.63, 3.8) is 0 Å². The van der Waals surface area contributed by atoms with Gasteiger partial charge in [0.05, 0.1) is 0 Å². The molecule has 342 valence electrons. The molecule has 0 amide bonds. The number of aliphatic imine (C=N–C) groups is 2. The summed E-state index contributed by atoms with van der Waals surface area (Å²) < 4.78 is 47.1. The van der Waals surface area contributed by atoms with E-state index in [1.165, 1.54) is 0 Å². The fourth-order valence-electron chi connectivity index (χ4n) is 8.60. The fourth-order valence-corrected chi connectivity index (χ4v) is 19.0. The van der Waals surface area contributed by atoms with Crippen molar-refractivity contribution in [3.05, 3.63) is 130 Å². The van der Waals surface area contributed by atoms with Crippen LogP contribution in [0.4, 0.5) is 0 Å². The first kappa shape index (κ1) is 46.5. The van der Waals surface area contributed by atoms with Crippen LogP contribution in [0.15, 0.2) is 106 Å². The van der Waals surface area contributed by atoms with Gasteiger partial charge in [-0.3, -0.25) is 0 Å². The van der Waals surface area contributed by atoms with Crippen LogP contribution in [-0.4, -0.2) is 76.4 Å². The van der Waals surface area contributed by atoms with Gasteiger partial charge in [-0.15, -0.1) is 0 Å². The van der Waals surface area contributed by atoms with Crippen LogP contribution < -0.4 is 29.6 Å². The number of fused-ring (bicyclic) bond motifs is 2. The molecule has 0 saturated carbocycles. The number of hydrogen-bond acceptors (Lipinski definition) is 8. The Balaban J connectivity index is 1.53. The van der Waals surface area contributed by atoms with Gasteiger partial charge in [-0.05, 0) is 0 Å². The predicted molar refractivity (Wildman–Crippen MR) is 266 cm³/mol. The second kappa shape index (κ2) is 22.0. The third kappa shape index (κ3) is 9.63. The zero-order valence-corrected chi connectivity index (χ0v) is 42.1. The van der Waals surface area contributed by atoms with Crippen molar-refractivity contribution in [2.45, 2.75) is 106 Å². The molecule has 0 atom stereocenters. The molecule has 0 unspecified atom stereocenters. The third-order valence-electron chi connectivity index (χ3n) is 11.8. The molecule has 8 rings (SSSR count). The minimum absolute atomic E-state index is 0.494.